The molecule has 0 aliphatic carbocycles. The minimum atomic E-state index is 0.190. The Bertz CT molecular complexity index is 503. The van der Waals surface area contributed by atoms with Gasteiger partial charge in [-0.15, -0.1) is 0 Å². The van der Waals surface area contributed by atoms with Gasteiger partial charge in [0.05, 0.1) is 29.8 Å². The number of rotatable bonds is 3. The van der Waals surface area contributed by atoms with Gasteiger partial charge in [-0.2, -0.15) is 5.10 Å². The highest BCUT2D eigenvalue weighted by Crippen LogP contribution is 2.23. The molecule has 0 saturated heterocycles. The van der Waals surface area contributed by atoms with Gasteiger partial charge >= 0.3 is 0 Å². The molecular formula is C12H17N5. The second-order valence-electron chi connectivity index (χ2n) is 4.20. The molecule has 2 rings (SSSR count). The van der Waals surface area contributed by atoms with E-state index in [1.54, 1.807) is 12.4 Å². The van der Waals surface area contributed by atoms with Gasteiger partial charge in [-0.3, -0.25) is 4.68 Å². The van der Waals surface area contributed by atoms with Gasteiger partial charge in [0, 0.05) is 18.3 Å². The van der Waals surface area contributed by atoms with Crippen molar-refractivity contribution in [2.24, 2.45) is 7.05 Å². The summed E-state index contributed by atoms with van der Waals surface area (Å²) in [6, 6.07) is 0.190. The zero-order valence-corrected chi connectivity index (χ0v) is 10.6. The van der Waals surface area contributed by atoms with E-state index in [2.05, 4.69) is 34.2 Å². The molecule has 1 atom stereocenters. The first-order chi connectivity index (χ1) is 8.09. The smallest absolute Gasteiger partial charge is 0.115 e. The number of hydrogen-bond donors (Lipinski definition) is 1. The molecule has 5 nitrogen and oxygen atoms in total. The normalized spacial score (nSPS) is 12.5. The summed E-state index contributed by atoms with van der Waals surface area (Å²) in [5, 5.41) is 7.79. The van der Waals surface area contributed by atoms with Crippen molar-refractivity contribution in [1.82, 2.24) is 19.7 Å². The topological polar surface area (TPSA) is 55.6 Å². The lowest BCUT2D eigenvalue weighted by Crippen LogP contribution is -2.09. The Hall–Kier alpha value is -1.91. The standard InChI is InChI=1S/C12H17N5/c1-8(15-11-5-13-7-14-6-11)12-9(2)16-17(4)10(12)3/h5-8,15H,1-4H3. The summed E-state index contributed by atoms with van der Waals surface area (Å²) >= 11 is 0. The van der Waals surface area contributed by atoms with Crippen LogP contribution in [0.1, 0.15) is 29.9 Å². The number of nitrogens with one attached hydrogen (secondary N) is 1. The largest absolute Gasteiger partial charge is 0.376 e. The molecule has 0 radical (unpaired) electrons. The van der Waals surface area contributed by atoms with E-state index in [4.69, 9.17) is 0 Å². The van der Waals surface area contributed by atoms with Gasteiger partial charge in [0.1, 0.15) is 6.33 Å². The molecular weight excluding hydrogens is 214 g/mol. The van der Waals surface area contributed by atoms with Crippen LogP contribution in [0.5, 0.6) is 0 Å². The van der Waals surface area contributed by atoms with Crippen LogP contribution in [0.15, 0.2) is 18.7 Å². The monoisotopic (exact) mass is 231 g/mol. The lowest BCUT2D eigenvalue weighted by atomic mass is 10.1. The lowest BCUT2D eigenvalue weighted by molar-refractivity contribution is 0.728. The second-order valence-corrected chi connectivity index (χ2v) is 4.20. The van der Waals surface area contributed by atoms with E-state index < -0.39 is 0 Å². The van der Waals surface area contributed by atoms with Crippen molar-refractivity contribution in [1.29, 1.82) is 0 Å². The predicted molar refractivity (Wildman–Crippen MR) is 66.8 cm³/mol. The molecule has 5 heteroatoms. The van der Waals surface area contributed by atoms with Crippen LogP contribution in [0.25, 0.3) is 0 Å². The van der Waals surface area contributed by atoms with Crippen LogP contribution in [0, 0.1) is 13.8 Å². The zero-order chi connectivity index (χ0) is 12.4. The zero-order valence-electron chi connectivity index (χ0n) is 10.6. The summed E-state index contributed by atoms with van der Waals surface area (Å²) < 4.78 is 1.91. The van der Waals surface area contributed by atoms with Gasteiger partial charge in [0.25, 0.3) is 0 Å². The third-order valence-corrected chi connectivity index (χ3v) is 2.94. The Kier molecular flexibility index (Phi) is 3.08. The molecule has 0 amide bonds. The van der Waals surface area contributed by atoms with Gasteiger partial charge in [0.2, 0.25) is 0 Å². The van der Waals surface area contributed by atoms with Crippen molar-refractivity contribution in [3.63, 3.8) is 0 Å². The van der Waals surface area contributed by atoms with E-state index in [9.17, 15) is 0 Å². The van der Waals surface area contributed by atoms with Crippen LogP contribution < -0.4 is 5.32 Å². The molecule has 1 unspecified atom stereocenters. The summed E-state index contributed by atoms with van der Waals surface area (Å²) in [5.74, 6) is 0. The van der Waals surface area contributed by atoms with Crippen molar-refractivity contribution in [3.05, 3.63) is 35.7 Å². The van der Waals surface area contributed by atoms with Gasteiger partial charge in [-0.05, 0) is 20.8 Å². The third-order valence-electron chi connectivity index (χ3n) is 2.94. The SMILES string of the molecule is Cc1nn(C)c(C)c1C(C)Nc1cncnc1. The minimum absolute atomic E-state index is 0.190. The van der Waals surface area contributed by atoms with Crippen LogP contribution in [0.3, 0.4) is 0 Å². The minimum Gasteiger partial charge on any atom is -0.376 e. The summed E-state index contributed by atoms with van der Waals surface area (Å²) in [6.45, 7) is 6.22. The lowest BCUT2D eigenvalue weighted by Gasteiger charge is -2.15. The Labute approximate surface area is 101 Å². The van der Waals surface area contributed by atoms with E-state index in [0.717, 1.165) is 11.4 Å². The maximum atomic E-state index is 4.42. The van der Waals surface area contributed by atoms with Gasteiger partial charge in [-0.25, -0.2) is 9.97 Å². The first kappa shape index (κ1) is 11.6. The fourth-order valence-corrected chi connectivity index (χ4v) is 2.11. The van der Waals surface area contributed by atoms with Gasteiger partial charge in [0.15, 0.2) is 0 Å². The highest BCUT2D eigenvalue weighted by atomic mass is 15.3. The van der Waals surface area contributed by atoms with E-state index in [1.807, 2.05) is 18.7 Å². The molecule has 0 aliphatic rings. The molecule has 0 fully saturated rings. The van der Waals surface area contributed by atoms with E-state index in [-0.39, 0.29) is 6.04 Å². The molecule has 2 aromatic rings. The number of hydrogen-bond acceptors (Lipinski definition) is 4. The second kappa shape index (κ2) is 4.53. The highest BCUT2D eigenvalue weighted by molar-refractivity contribution is 5.42. The van der Waals surface area contributed by atoms with Crippen molar-refractivity contribution in [2.45, 2.75) is 26.8 Å². The van der Waals surface area contributed by atoms with Crippen molar-refractivity contribution >= 4 is 5.69 Å². The van der Waals surface area contributed by atoms with E-state index in [1.165, 1.54) is 17.6 Å². The summed E-state index contributed by atoms with van der Waals surface area (Å²) in [5.41, 5.74) is 4.39. The molecule has 0 aromatic carbocycles. The molecule has 0 aliphatic heterocycles. The summed E-state index contributed by atoms with van der Waals surface area (Å²) in [7, 11) is 1.96. The Balaban J connectivity index is 2.23. The van der Waals surface area contributed by atoms with Gasteiger partial charge < -0.3 is 5.32 Å². The molecule has 2 aromatic heterocycles. The molecule has 1 N–H and O–H groups in total. The Morgan fingerprint density at radius 2 is 1.88 bits per heavy atom. The Morgan fingerprint density at radius 1 is 1.24 bits per heavy atom. The number of aryl methyl sites for hydroxylation is 2. The molecule has 17 heavy (non-hydrogen) atoms. The first-order valence-corrected chi connectivity index (χ1v) is 5.61. The van der Waals surface area contributed by atoms with Crippen LogP contribution >= 0.6 is 0 Å². The number of nitrogens with zero attached hydrogens (tertiary/aromatic N) is 4. The third kappa shape index (κ3) is 2.27. The predicted octanol–water partition coefficient (Wildman–Crippen LogP) is 2.00. The molecule has 0 bridgehead atoms. The van der Waals surface area contributed by atoms with Gasteiger partial charge in [-0.1, -0.05) is 0 Å². The van der Waals surface area contributed by atoms with E-state index >= 15 is 0 Å². The summed E-state index contributed by atoms with van der Waals surface area (Å²) in [6.07, 6.45) is 5.06. The van der Waals surface area contributed by atoms with Crippen molar-refractivity contribution in [3.8, 4) is 0 Å². The van der Waals surface area contributed by atoms with Crippen molar-refractivity contribution in [2.75, 3.05) is 5.32 Å². The molecule has 90 valence electrons. The molecule has 0 spiro atoms. The number of anilines is 1. The quantitative estimate of drug-likeness (QED) is 0.877. The molecule has 0 saturated carbocycles. The fourth-order valence-electron chi connectivity index (χ4n) is 2.11. The van der Waals surface area contributed by atoms with E-state index in [0.29, 0.717) is 0 Å². The average molecular weight is 231 g/mol. The Morgan fingerprint density at radius 3 is 2.41 bits per heavy atom. The van der Waals surface area contributed by atoms with Crippen LogP contribution in [-0.2, 0) is 7.05 Å². The fraction of sp³-hybridized carbons (Fsp3) is 0.417. The van der Waals surface area contributed by atoms with Crippen LogP contribution in [0.4, 0.5) is 5.69 Å². The first-order valence-electron chi connectivity index (χ1n) is 5.61. The summed E-state index contributed by atoms with van der Waals surface area (Å²) in [4.78, 5) is 7.97. The highest BCUT2D eigenvalue weighted by Gasteiger charge is 2.15. The molecule has 2 heterocycles. The van der Waals surface area contributed by atoms with Crippen LogP contribution in [0.2, 0.25) is 0 Å². The average Bonchev–Trinajstić information content (AvgIpc) is 2.54. The maximum absolute atomic E-state index is 4.42. The van der Waals surface area contributed by atoms with Crippen LogP contribution in [-0.4, -0.2) is 19.7 Å². The number of aromatic nitrogens is 4. The maximum Gasteiger partial charge on any atom is 0.115 e. The van der Waals surface area contributed by atoms with Crippen molar-refractivity contribution < 1.29 is 0 Å².